The van der Waals surface area contributed by atoms with Crippen molar-refractivity contribution < 1.29 is 41.3 Å². The standard InChI is InChI=1S/C26H32BrNO6S.C20H27NO3/c1-18(19-9-7-6-8-10-19)28-17-26(5,24(30)34-25(2,3)4)22(23(28)29)15-16-33-35(31,32)21-13-11-20(27)12-14-21;1-14(15-9-7-6-8-10-15)21-13-19(5,17(23)24-18(2,3)4)20(11-12-20)16(21)22/h6-14,18,22H,15-17H2,1-5H3;6-10,14H,11-13H2,1-5H3/t18-,22?,26-;14-,19+/m11/s1. The van der Waals surface area contributed by atoms with Gasteiger partial charge in [0, 0.05) is 17.6 Å². The summed E-state index contributed by atoms with van der Waals surface area (Å²) in [6.07, 6.45) is 1.61. The van der Waals surface area contributed by atoms with Crippen LogP contribution in [0, 0.1) is 22.2 Å². The van der Waals surface area contributed by atoms with E-state index in [1.807, 2.05) is 107 Å². The second-order valence-corrected chi connectivity index (χ2v) is 21.0. The van der Waals surface area contributed by atoms with E-state index in [4.69, 9.17) is 13.7 Å². The molecule has 1 aliphatic carbocycles. The van der Waals surface area contributed by atoms with E-state index in [0.29, 0.717) is 6.54 Å². The van der Waals surface area contributed by atoms with Gasteiger partial charge in [-0.15, -0.1) is 0 Å². The Labute approximate surface area is 358 Å². The summed E-state index contributed by atoms with van der Waals surface area (Å²) in [5.74, 6) is -1.64. The van der Waals surface area contributed by atoms with Crippen molar-refractivity contribution in [1.82, 2.24) is 9.80 Å². The zero-order valence-electron chi connectivity index (χ0n) is 35.9. The van der Waals surface area contributed by atoms with Gasteiger partial charge >= 0.3 is 11.9 Å². The molecule has 3 fully saturated rings. The van der Waals surface area contributed by atoms with Gasteiger partial charge in [0.25, 0.3) is 10.1 Å². The Kier molecular flexibility index (Phi) is 13.4. The fourth-order valence-corrected chi connectivity index (χ4v) is 9.27. The van der Waals surface area contributed by atoms with Crippen LogP contribution in [0.25, 0.3) is 0 Å². The summed E-state index contributed by atoms with van der Waals surface area (Å²) < 4.78 is 42.6. The van der Waals surface area contributed by atoms with Crippen molar-refractivity contribution in [1.29, 1.82) is 0 Å². The first-order valence-electron chi connectivity index (χ1n) is 20.2. The van der Waals surface area contributed by atoms with Crippen LogP contribution in [-0.4, -0.2) is 72.9 Å². The predicted octanol–water partition coefficient (Wildman–Crippen LogP) is 8.83. The van der Waals surface area contributed by atoms with Crippen LogP contribution in [0.1, 0.15) is 112 Å². The second-order valence-electron chi connectivity index (χ2n) is 18.5. The van der Waals surface area contributed by atoms with E-state index < -0.39 is 49.5 Å². The lowest BCUT2D eigenvalue weighted by Crippen LogP contribution is -2.42. The quantitative estimate of drug-likeness (QED) is 0.137. The number of rotatable bonds is 11. The molecule has 0 bridgehead atoms. The summed E-state index contributed by atoms with van der Waals surface area (Å²) in [5.41, 5.74) is -1.71. The van der Waals surface area contributed by atoms with Crippen LogP contribution in [0.15, 0.2) is 94.3 Å². The monoisotopic (exact) mass is 894 g/mol. The molecule has 1 spiro atoms. The van der Waals surface area contributed by atoms with Crippen LogP contribution in [0.4, 0.5) is 0 Å². The van der Waals surface area contributed by atoms with Crippen molar-refractivity contribution in [2.75, 3.05) is 19.7 Å². The molecule has 2 amide bonds. The van der Waals surface area contributed by atoms with Crippen molar-refractivity contribution in [3.8, 4) is 0 Å². The lowest BCUT2D eigenvalue weighted by Gasteiger charge is -2.31. The highest BCUT2D eigenvalue weighted by Crippen LogP contribution is 2.65. The van der Waals surface area contributed by atoms with Crippen LogP contribution >= 0.6 is 15.9 Å². The minimum Gasteiger partial charge on any atom is -0.459 e. The molecule has 11 nitrogen and oxygen atoms in total. The van der Waals surface area contributed by atoms with Gasteiger partial charge in [-0.25, -0.2) is 0 Å². The Morgan fingerprint density at radius 2 is 1.22 bits per heavy atom. The summed E-state index contributed by atoms with van der Waals surface area (Å²) in [6.45, 7) is 18.9. The Balaban J connectivity index is 0.000000240. The number of nitrogens with zero attached hydrogens (tertiary/aromatic N) is 2. The number of carbonyl (C=O) groups excluding carboxylic acids is 4. The van der Waals surface area contributed by atoms with Gasteiger partial charge in [-0.05, 0) is 124 Å². The topological polar surface area (TPSA) is 137 Å². The Morgan fingerprint density at radius 3 is 1.69 bits per heavy atom. The van der Waals surface area contributed by atoms with Crippen LogP contribution in [0.3, 0.4) is 0 Å². The molecule has 5 atom stereocenters. The summed E-state index contributed by atoms with van der Waals surface area (Å²) in [5, 5.41) is 0. The van der Waals surface area contributed by atoms with Gasteiger partial charge in [-0.1, -0.05) is 76.6 Å². The number of benzene rings is 3. The predicted molar refractivity (Wildman–Crippen MR) is 228 cm³/mol. The van der Waals surface area contributed by atoms with Gasteiger partial charge < -0.3 is 19.3 Å². The van der Waals surface area contributed by atoms with Gasteiger partial charge in [0.2, 0.25) is 11.8 Å². The Morgan fingerprint density at radius 1 is 0.746 bits per heavy atom. The average Bonchev–Trinajstić information content (AvgIpc) is 3.90. The molecule has 3 aromatic carbocycles. The van der Waals surface area contributed by atoms with E-state index in [0.717, 1.165) is 28.4 Å². The molecule has 2 aliphatic heterocycles. The molecule has 3 aliphatic rings. The van der Waals surface area contributed by atoms with Crippen molar-refractivity contribution in [2.45, 2.75) is 117 Å². The van der Waals surface area contributed by atoms with Crippen LogP contribution < -0.4 is 0 Å². The highest BCUT2D eigenvalue weighted by Gasteiger charge is 2.72. The number of ether oxygens (including phenoxy) is 2. The highest BCUT2D eigenvalue weighted by atomic mass is 79.9. The third-order valence-electron chi connectivity index (χ3n) is 11.8. The molecule has 320 valence electrons. The fourth-order valence-electron chi connectivity index (χ4n) is 8.08. The van der Waals surface area contributed by atoms with E-state index in [2.05, 4.69) is 15.9 Å². The molecular weight excluding hydrogens is 836 g/mol. The Hall–Kier alpha value is -4.07. The number of esters is 2. The van der Waals surface area contributed by atoms with Gasteiger partial charge in [0.05, 0.1) is 45.7 Å². The van der Waals surface area contributed by atoms with E-state index in [1.165, 1.54) is 12.1 Å². The van der Waals surface area contributed by atoms with Gasteiger partial charge in [0.1, 0.15) is 11.2 Å². The first kappa shape index (κ1) is 46.0. The summed E-state index contributed by atoms with van der Waals surface area (Å²) in [4.78, 5) is 56.4. The van der Waals surface area contributed by atoms with Crippen LogP contribution in [0.2, 0.25) is 0 Å². The number of carbonyl (C=O) groups is 4. The maximum Gasteiger partial charge on any atom is 0.315 e. The molecule has 0 aromatic heterocycles. The smallest absolute Gasteiger partial charge is 0.315 e. The minimum absolute atomic E-state index is 0.0210. The van der Waals surface area contributed by atoms with E-state index in [-0.39, 0.29) is 54.3 Å². The maximum absolute atomic E-state index is 13.6. The number of amides is 2. The SMILES string of the molecule is C[C@H](c1ccccc1)N1C[C@@](C)(C(=O)OC(C)(C)C)C(CCOS(=O)(=O)c2ccc(Br)cc2)C1=O.C[C@H](c1ccccc1)N1C[C@@](C)(C(=O)OC(C)(C)C)C2(CC2)C1=O. The third kappa shape index (κ3) is 9.94. The largest absolute Gasteiger partial charge is 0.459 e. The zero-order valence-corrected chi connectivity index (χ0v) is 38.3. The molecule has 2 saturated heterocycles. The molecule has 2 heterocycles. The van der Waals surface area contributed by atoms with E-state index in [9.17, 15) is 27.6 Å². The number of likely N-dealkylation sites (tertiary alicyclic amines) is 2. The molecule has 3 aromatic rings. The molecular formula is C46H59BrN2O9S. The molecule has 0 radical (unpaired) electrons. The molecule has 59 heavy (non-hydrogen) atoms. The highest BCUT2D eigenvalue weighted by molar-refractivity contribution is 9.10. The fraction of sp³-hybridized carbons (Fsp3) is 0.522. The second kappa shape index (κ2) is 17.1. The van der Waals surface area contributed by atoms with E-state index in [1.54, 1.807) is 44.7 Å². The lowest BCUT2D eigenvalue weighted by molar-refractivity contribution is -0.170. The number of hydrogen-bond acceptors (Lipinski definition) is 9. The summed E-state index contributed by atoms with van der Waals surface area (Å²) in [6, 6.07) is 25.3. The van der Waals surface area contributed by atoms with Crippen molar-refractivity contribution in [3.63, 3.8) is 0 Å². The lowest BCUT2D eigenvalue weighted by atomic mass is 9.76. The van der Waals surface area contributed by atoms with Crippen LogP contribution in [-0.2, 0) is 43.0 Å². The van der Waals surface area contributed by atoms with Crippen molar-refractivity contribution in [2.24, 2.45) is 22.2 Å². The van der Waals surface area contributed by atoms with Crippen molar-refractivity contribution in [3.05, 3.63) is 101 Å². The molecule has 1 unspecified atom stereocenters. The number of halogens is 1. The summed E-state index contributed by atoms with van der Waals surface area (Å²) >= 11 is 3.28. The minimum atomic E-state index is -4.01. The zero-order chi connectivity index (χ0) is 43.8. The van der Waals surface area contributed by atoms with Gasteiger partial charge in [0.15, 0.2) is 0 Å². The number of hydrogen-bond donors (Lipinski definition) is 0. The molecule has 6 rings (SSSR count). The van der Waals surface area contributed by atoms with Gasteiger partial charge in [-0.3, -0.25) is 23.4 Å². The first-order valence-corrected chi connectivity index (χ1v) is 22.4. The third-order valence-corrected chi connectivity index (χ3v) is 13.6. The van der Waals surface area contributed by atoms with E-state index >= 15 is 0 Å². The first-order chi connectivity index (χ1) is 27.4. The van der Waals surface area contributed by atoms with Crippen molar-refractivity contribution >= 4 is 49.8 Å². The van der Waals surface area contributed by atoms with Crippen LogP contribution in [0.5, 0.6) is 0 Å². The normalized spacial score (nSPS) is 23.7. The summed E-state index contributed by atoms with van der Waals surface area (Å²) in [7, 11) is -4.01. The Bertz CT molecular complexity index is 2110. The maximum atomic E-state index is 13.6. The average molecular weight is 896 g/mol. The molecule has 1 saturated carbocycles. The van der Waals surface area contributed by atoms with Gasteiger partial charge in [-0.2, -0.15) is 8.42 Å². The molecule has 13 heteroatoms. The molecule has 0 N–H and O–H groups in total.